The van der Waals surface area contributed by atoms with E-state index in [1.165, 1.54) is 4.90 Å². The van der Waals surface area contributed by atoms with Gasteiger partial charge in [-0.1, -0.05) is 29.5 Å². The molecule has 1 aromatic carbocycles. The molecule has 1 N–H and O–H groups in total. The summed E-state index contributed by atoms with van der Waals surface area (Å²) >= 11 is 0.748. The normalized spacial score (nSPS) is 13.6. The Labute approximate surface area is 164 Å². The number of anilines is 1. The molecule has 0 bridgehead atoms. The van der Waals surface area contributed by atoms with Crippen LogP contribution in [0.25, 0.3) is 0 Å². The van der Waals surface area contributed by atoms with Crippen molar-refractivity contribution in [3.8, 4) is 0 Å². The molecule has 0 fully saturated rings. The highest BCUT2D eigenvalue weighted by Crippen LogP contribution is 2.33. The van der Waals surface area contributed by atoms with E-state index >= 15 is 0 Å². The van der Waals surface area contributed by atoms with Crippen LogP contribution in [0.4, 0.5) is 5.69 Å². The zero-order chi connectivity index (χ0) is 18.7. The van der Waals surface area contributed by atoms with E-state index in [-0.39, 0.29) is 0 Å². The van der Waals surface area contributed by atoms with Gasteiger partial charge in [0.2, 0.25) is 16.1 Å². The molecule has 0 radical (unpaired) electrons. The Kier molecular flexibility index (Phi) is 6.31. The minimum Gasteiger partial charge on any atom is -0.270 e. The number of nitrogens with zero attached hydrogens (tertiary/aromatic N) is 2. The van der Waals surface area contributed by atoms with Crippen LogP contribution in [-0.2, 0) is 38.0 Å². The summed E-state index contributed by atoms with van der Waals surface area (Å²) in [5, 5.41) is 6.62. The molecule has 8 heteroatoms. The molecule has 0 amide bonds. The van der Waals surface area contributed by atoms with Crippen molar-refractivity contribution in [1.82, 2.24) is 9.78 Å². The quantitative estimate of drug-likeness (QED) is 0.592. The van der Waals surface area contributed by atoms with Crippen LogP contribution in [0.2, 0.25) is 0 Å². The standard InChI is InChI=1S/C18H23N3O2S3/c1-13-18(14(2)21(3)19-13)20-26(23-5)17-11-16(12-24-17)25(22-4)15-9-7-6-8-10-15/h6-12,20H,1-5H3/q+2. The molecule has 0 spiro atoms. The molecule has 3 rings (SSSR count). The number of aromatic nitrogens is 2. The van der Waals surface area contributed by atoms with Crippen molar-refractivity contribution in [2.45, 2.75) is 27.8 Å². The van der Waals surface area contributed by atoms with Gasteiger partial charge >= 0.3 is 11.4 Å². The van der Waals surface area contributed by atoms with Crippen LogP contribution in [0, 0.1) is 13.8 Å². The first kappa shape index (κ1) is 19.3. The second kappa shape index (κ2) is 8.49. The maximum absolute atomic E-state index is 5.77. The third-order valence-corrected chi connectivity index (χ3v) is 8.46. The molecule has 3 aromatic rings. The topological polar surface area (TPSA) is 48.3 Å². The smallest absolute Gasteiger partial charge is 0.270 e. The second-order valence-corrected chi connectivity index (χ2v) is 10.1. The Balaban J connectivity index is 1.85. The van der Waals surface area contributed by atoms with Crippen molar-refractivity contribution in [3.63, 3.8) is 0 Å². The van der Waals surface area contributed by atoms with Crippen molar-refractivity contribution < 1.29 is 8.37 Å². The van der Waals surface area contributed by atoms with Crippen molar-refractivity contribution in [2.75, 3.05) is 18.9 Å². The molecular formula is C18H23N3O2S3+2. The van der Waals surface area contributed by atoms with E-state index in [1.807, 2.05) is 36.9 Å². The highest BCUT2D eigenvalue weighted by atomic mass is 32.2. The Hall–Kier alpha value is -1.45. The van der Waals surface area contributed by atoms with E-state index < -0.39 is 22.5 Å². The maximum atomic E-state index is 5.77. The molecule has 5 nitrogen and oxygen atoms in total. The van der Waals surface area contributed by atoms with Gasteiger partial charge in [0.05, 0.1) is 37.1 Å². The van der Waals surface area contributed by atoms with E-state index in [0.29, 0.717) is 0 Å². The lowest BCUT2D eigenvalue weighted by atomic mass is 10.3. The molecule has 2 unspecified atom stereocenters. The van der Waals surface area contributed by atoms with Crippen LogP contribution in [0.15, 0.2) is 55.8 Å². The Morgan fingerprint density at radius 1 is 1.08 bits per heavy atom. The third-order valence-electron chi connectivity index (χ3n) is 3.94. The molecule has 138 valence electrons. The molecule has 0 aliphatic rings. The summed E-state index contributed by atoms with van der Waals surface area (Å²) in [6.45, 7) is 4.06. The highest BCUT2D eigenvalue weighted by Gasteiger charge is 2.35. The zero-order valence-corrected chi connectivity index (χ0v) is 17.9. The number of rotatable bonds is 7. The number of benzene rings is 1. The molecule has 2 aromatic heterocycles. The summed E-state index contributed by atoms with van der Waals surface area (Å²) < 4.78 is 18.0. The van der Waals surface area contributed by atoms with Gasteiger partial charge in [0.25, 0.3) is 4.21 Å². The summed E-state index contributed by atoms with van der Waals surface area (Å²) in [7, 11) is 5.43. The largest absolute Gasteiger partial charge is 0.317 e. The summed E-state index contributed by atoms with van der Waals surface area (Å²) in [5.74, 6) is 0. The minimum absolute atomic E-state index is 0.392. The van der Waals surface area contributed by atoms with Crippen molar-refractivity contribution in [3.05, 3.63) is 53.2 Å². The summed E-state index contributed by atoms with van der Waals surface area (Å²) in [5.41, 5.74) is 3.09. The van der Waals surface area contributed by atoms with Gasteiger partial charge in [-0.2, -0.15) is 14.0 Å². The minimum atomic E-state index is -0.543. The van der Waals surface area contributed by atoms with Gasteiger partial charge in [0, 0.05) is 7.05 Å². The Morgan fingerprint density at radius 2 is 1.81 bits per heavy atom. The first-order valence-corrected chi connectivity index (χ1v) is 11.2. The lowest BCUT2D eigenvalue weighted by Crippen LogP contribution is -2.15. The van der Waals surface area contributed by atoms with Gasteiger partial charge in [-0.3, -0.25) is 4.68 Å². The van der Waals surface area contributed by atoms with Crippen molar-refractivity contribution in [1.29, 1.82) is 0 Å². The highest BCUT2D eigenvalue weighted by molar-refractivity contribution is 7.96. The lowest BCUT2D eigenvalue weighted by Gasteiger charge is -2.04. The maximum Gasteiger partial charge on any atom is 0.317 e. The number of thiophene rings is 1. The molecule has 0 aliphatic carbocycles. The van der Waals surface area contributed by atoms with Gasteiger partial charge in [-0.25, -0.2) is 0 Å². The SMILES string of the molecule is CO[S+](Nc1c(C)nn(C)c1C)c1cc([S+](OC)c2ccccc2)cs1. The van der Waals surface area contributed by atoms with Gasteiger partial charge < -0.3 is 0 Å². The summed E-state index contributed by atoms with van der Waals surface area (Å²) in [6, 6.07) is 12.5. The Bertz CT molecular complexity index is 864. The zero-order valence-electron chi connectivity index (χ0n) is 15.5. The molecular weight excluding hydrogens is 386 g/mol. The van der Waals surface area contributed by atoms with Crippen LogP contribution in [0.3, 0.4) is 0 Å². The van der Waals surface area contributed by atoms with E-state index in [1.54, 1.807) is 25.6 Å². The van der Waals surface area contributed by atoms with Gasteiger partial charge in [0.1, 0.15) is 5.69 Å². The van der Waals surface area contributed by atoms with E-state index in [2.05, 4.69) is 40.3 Å². The molecule has 0 saturated heterocycles. The van der Waals surface area contributed by atoms with Gasteiger partial charge in [-0.15, -0.1) is 4.18 Å². The molecule has 26 heavy (non-hydrogen) atoms. The summed E-state index contributed by atoms with van der Waals surface area (Å²) in [4.78, 5) is 2.33. The van der Waals surface area contributed by atoms with Crippen molar-refractivity contribution >= 4 is 39.6 Å². The average molecular weight is 410 g/mol. The number of hydrogen-bond acceptors (Lipinski definition) is 5. The number of hydrogen-bond donors (Lipinski definition) is 1. The Morgan fingerprint density at radius 3 is 2.38 bits per heavy atom. The molecule has 2 heterocycles. The average Bonchev–Trinajstić information content (AvgIpc) is 3.21. The van der Waals surface area contributed by atoms with Gasteiger partial charge in [-0.05, 0) is 26.0 Å². The first-order chi connectivity index (χ1) is 12.5. The van der Waals surface area contributed by atoms with Gasteiger partial charge in [0.15, 0.2) is 4.90 Å². The fraction of sp³-hybridized carbons (Fsp3) is 0.278. The predicted molar refractivity (Wildman–Crippen MR) is 111 cm³/mol. The van der Waals surface area contributed by atoms with Crippen LogP contribution in [-0.4, -0.2) is 24.0 Å². The number of nitrogens with one attached hydrogen (secondary N) is 1. The predicted octanol–water partition coefficient (Wildman–Crippen LogP) is 4.26. The van der Waals surface area contributed by atoms with E-state index in [0.717, 1.165) is 26.2 Å². The van der Waals surface area contributed by atoms with Crippen molar-refractivity contribution in [2.24, 2.45) is 7.05 Å². The fourth-order valence-corrected chi connectivity index (χ4v) is 6.87. The molecule has 2 atom stereocenters. The van der Waals surface area contributed by atoms with Crippen LogP contribution in [0.5, 0.6) is 0 Å². The van der Waals surface area contributed by atoms with E-state index in [4.69, 9.17) is 8.37 Å². The fourth-order valence-electron chi connectivity index (χ4n) is 2.56. The van der Waals surface area contributed by atoms with Crippen LogP contribution >= 0.6 is 11.3 Å². The lowest BCUT2D eigenvalue weighted by molar-refractivity contribution is 0.472. The van der Waals surface area contributed by atoms with E-state index in [9.17, 15) is 0 Å². The third kappa shape index (κ3) is 3.94. The van der Waals surface area contributed by atoms with Crippen LogP contribution < -0.4 is 4.72 Å². The summed E-state index contributed by atoms with van der Waals surface area (Å²) in [6.07, 6.45) is 0. The second-order valence-electron chi connectivity index (χ2n) is 5.56. The monoisotopic (exact) mass is 409 g/mol. The molecule has 0 aliphatic heterocycles. The first-order valence-electron chi connectivity index (χ1n) is 8.03. The number of aryl methyl sites for hydroxylation is 2. The van der Waals surface area contributed by atoms with Crippen LogP contribution in [0.1, 0.15) is 11.4 Å². The molecule has 0 saturated carbocycles.